The van der Waals surface area contributed by atoms with Crippen LogP contribution >= 0.6 is 0 Å². The number of aliphatic carboxylic acids is 1. The summed E-state index contributed by atoms with van der Waals surface area (Å²) in [4.78, 5) is 23.8. The zero-order valence-corrected chi connectivity index (χ0v) is 19.4. The van der Waals surface area contributed by atoms with Gasteiger partial charge in [-0.05, 0) is 60.1 Å². The number of benzene rings is 1. The molecule has 1 amide bonds. The van der Waals surface area contributed by atoms with E-state index in [0.29, 0.717) is 11.0 Å². The van der Waals surface area contributed by atoms with E-state index >= 15 is 0 Å². The molecule has 9 nitrogen and oxygen atoms in total. The maximum Gasteiger partial charge on any atom is 0.498 e. The van der Waals surface area contributed by atoms with E-state index in [2.05, 4.69) is 5.32 Å². The molecule has 0 radical (unpaired) electrons. The lowest BCUT2D eigenvalue weighted by atomic mass is 9.77. The molecule has 0 aliphatic carbocycles. The summed E-state index contributed by atoms with van der Waals surface area (Å²) in [6.45, 7) is 12.6. The first-order valence-corrected chi connectivity index (χ1v) is 10.0. The van der Waals surface area contributed by atoms with E-state index in [1.54, 1.807) is 26.8 Å². The second-order valence-electron chi connectivity index (χ2n) is 9.57. The second-order valence-corrected chi connectivity index (χ2v) is 9.57. The van der Waals surface area contributed by atoms with E-state index in [1.165, 1.54) is 13.2 Å². The molecule has 0 spiro atoms. The third-order valence-electron chi connectivity index (χ3n) is 5.30. The lowest BCUT2D eigenvalue weighted by Crippen LogP contribution is -2.45. The van der Waals surface area contributed by atoms with E-state index < -0.39 is 42.0 Å². The molecule has 1 unspecified atom stereocenters. The molecule has 1 fully saturated rings. The number of rotatable bonds is 6. The number of carbonyl (C=O) groups is 2. The Kier molecular flexibility index (Phi) is 6.87. The van der Waals surface area contributed by atoms with Crippen molar-refractivity contribution in [3.8, 4) is 11.5 Å². The molecule has 1 heterocycles. The Hall–Kier alpha value is -2.46. The second kappa shape index (κ2) is 8.59. The molecule has 1 aromatic rings. The number of amides is 1. The van der Waals surface area contributed by atoms with Gasteiger partial charge in [-0.25, -0.2) is 9.59 Å². The van der Waals surface area contributed by atoms with Crippen LogP contribution in [0.2, 0.25) is 0 Å². The lowest BCUT2D eigenvalue weighted by molar-refractivity contribution is -0.139. The van der Waals surface area contributed by atoms with Gasteiger partial charge in [-0.2, -0.15) is 0 Å². The van der Waals surface area contributed by atoms with Gasteiger partial charge < -0.3 is 34.3 Å². The molecule has 172 valence electrons. The van der Waals surface area contributed by atoms with Crippen molar-refractivity contribution < 1.29 is 38.6 Å². The number of phenolic OH excluding ortho intramolecular Hbond substituents is 1. The molecule has 3 N–H and O–H groups in total. The summed E-state index contributed by atoms with van der Waals surface area (Å²) in [6.07, 6.45) is -0.942. The van der Waals surface area contributed by atoms with E-state index in [0.717, 1.165) is 0 Å². The first kappa shape index (κ1) is 24.8. The number of hydrogen-bond acceptors (Lipinski definition) is 7. The van der Waals surface area contributed by atoms with Crippen molar-refractivity contribution in [2.24, 2.45) is 0 Å². The third kappa shape index (κ3) is 5.83. The van der Waals surface area contributed by atoms with Crippen LogP contribution in [-0.4, -0.2) is 59.3 Å². The largest absolute Gasteiger partial charge is 0.504 e. The highest BCUT2D eigenvalue weighted by Gasteiger charge is 2.52. The molecule has 0 aromatic heterocycles. The van der Waals surface area contributed by atoms with E-state index in [1.807, 2.05) is 27.7 Å². The highest BCUT2D eigenvalue weighted by molar-refractivity contribution is 6.63. The number of carboxylic acid groups (broad SMARTS) is 1. The van der Waals surface area contributed by atoms with Crippen molar-refractivity contribution in [3.63, 3.8) is 0 Å². The first-order chi connectivity index (χ1) is 14.1. The summed E-state index contributed by atoms with van der Waals surface area (Å²) >= 11 is 0. The average molecular weight is 437 g/mol. The molecule has 10 heteroatoms. The van der Waals surface area contributed by atoms with Crippen LogP contribution in [-0.2, 0) is 25.3 Å². The summed E-state index contributed by atoms with van der Waals surface area (Å²) in [7, 11) is 0.584. The Bertz CT molecular complexity index is 831. The van der Waals surface area contributed by atoms with Crippen LogP contribution in [0.1, 0.15) is 54.0 Å². The highest BCUT2D eigenvalue weighted by atomic mass is 16.7. The fourth-order valence-corrected chi connectivity index (χ4v) is 3.07. The van der Waals surface area contributed by atoms with Gasteiger partial charge in [0.25, 0.3) is 0 Å². The number of alkyl carbamates (subject to hydrolysis) is 1. The van der Waals surface area contributed by atoms with E-state index in [-0.39, 0.29) is 17.9 Å². The molecular weight excluding hydrogens is 405 g/mol. The zero-order chi connectivity index (χ0) is 23.8. The van der Waals surface area contributed by atoms with Gasteiger partial charge >= 0.3 is 19.2 Å². The highest BCUT2D eigenvalue weighted by Crippen LogP contribution is 2.38. The topological polar surface area (TPSA) is 124 Å². The van der Waals surface area contributed by atoms with Gasteiger partial charge in [-0.1, -0.05) is 6.07 Å². The van der Waals surface area contributed by atoms with Gasteiger partial charge in [0, 0.05) is 11.9 Å². The standard InChI is InChI=1S/C21H32BNO8/c1-19(2,3)29-18(27)23-14(17(25)26)10-12-9-13(16(28-8)15(24)11-12)22-30-20(4,5)21(6,7)31-22/h9,11,14,24H,10H2,1-8H3,(H,23,27)(H,25,26). The molecule has 1 aliphatic heterocycles. The van der Waals surface area contributed by atoms with Crippen LogP contribution in [0.25, 0.3) is 0 Å². The van der Waals surface area contributed by atoms with Crippen LogP contribution in [0.3, 0.4) is 0 Å². The van der Waals surface area contributed by atoms with E-state index in [9.17, 15) is 19.8 Å². The maximum absolute atomic E-state index is 12.0. The minimum Gasteiger partial charge on any atom is -0.504 e. The molecule has 2 rings (SSSR count). The Morgan fingerprint density at radius 1 is 1.16 bits per heavy atom. The Morgan fingerprint density at radius 3 is 2.16 bits per heavy atom. The van der Waals surface area contributed by atoms with Crippen LogP contribution < -0.4 is 15.5 Å². The van der Waals surface area contributed by atoms with Crippen LogP contribution in [0.5, 0.6) is 11.5 Å². The summed E-state index contributed by atoms with van der Waals surface area (Å²) in [5.41, 5.74) is -1.12. The fourth-order valence-electron chi connectivity index (χ4n) is 3.07. The number of carbonyl (C=O) groups excluding carboxylic acids is 1. The van der Waals surface area contributed by atoms with Crippen LogP contribution in [0.4, 0.5) is 4.79 Å². The monoisotopic (exact) mass is 437 g/mol. The van der Waals surface area contributed by atoms with Crippen molar-refractivity contribution in [1.29, 1.82) is 0 Å². The molecule has 0 bridgehead atoms. The summed E-state index contributed by atoms with van der Waals surface area (Å²) in [5.74, 6) is -1.25. The minimum absolute atomic E-state index is 0.0986. The third-order valence-corrected chi connectivity index (χ3v) is 5.30. The SMILES string of the molecule is COc1c(O)cc(CC(NC(=O)OC(C)(C)C)C(=O)O)cc1B1OC(C)(C)C(C)(C)O1. The molecule has 1 saturated heterocycles. The molecular formula is C21H32BNO8. The number of phenols is 1. The van der Waals surface area contributed by atoms with Gasteiger partial charge in [0.05, 0.1) is 18.3 Å². The fraction of sp³-hybridized carbons (Fsp3) is 0.619. The predicted octanol–water partition coefficient (Wildman–Crippen LogP) is 2.22. The van der Waals surface area contributed by atoms with E-state index in [4.69, 9.17) is 18.8 Å². The minimum atomic E-state index is -1.27. The van der Waals surface area contributed by atoms with Crippen LogP contribution in [0.15, 0.2) is 12.1 Å². The first-order valence-electron chi connectivity index (χ1n) is 10.0. The zero-order valence-electron chi connectivity index (χ0n) is 19.4. The van der Waals surface area contributed by atoms with Crippen molar-refractivity contribution in [3.05, 3.63) is 17.7 Å². The van der Waals surface area contributed by atoms with Crippen molar-refractivity contribution in [2.45, 2.75) is 77.7 Å². The van der Waals surface area contributed by atoms with Crippen molar-refractivity contribution in [2.75, 3.05) is 7.11 Å². The average Bonchev–Trinajstić information content (AvgIpc) is 2.79. The summed E-state index contributed by atoms with van der Waals surface area (Å²) < 4.78 is 22.6. The predicted molar refractivity (Wildman–Crippen MR) is 115 cm³/mol. The normalized spacial score (nSPS) is 18.4. The summed E-state index contributed by atoms with van der Waals surface area (Å²) in [5, 5.41) is 22.4. The molecule has 1 aliphatic rings. The van der Waals surface area contributed by atoms with Gasteiger partial charge in [0.2, 0.25) is 0 Å². The Labute approximate surface area is 183 Å². The smallest absolute Gasteiger partial charge is 0.498 e. The quantitative estimate of drug-likeness (QED) is 0.579. The van der Waals surface area contributed by atoms with Crippen molar-refractivity contribution >= 4 is 24.6 Å². The number of methoxy groups -OCH3 is 1. The molecule has 31 heavy (non-hydrogen) atoms. The Morgan fingerprint density at radius 2 is 1.71 bits per heavy atom. The Balaban J connectivity index is 2.33. The maximum atomic E-state index is 12.0. The number of hydrogen-bond donors (Lipinski definition) is 3. The van der Waals surface area contributed by atoms with Gasteiger partial charge in [-0.15, -0.1) is 0 Å². The molecule has 1 aromatic carbocycles. The van der Waals surface area contributed by atoms with Gasteiger partial charge in [0.1, 0.15) is 11.6 Å². The van der Waals surface area contributed by atoms with Crippen LogP contribution in [0, 0.1) is 0 Å². The molecule has 0 saturated carbocycles. The molecule has 1 atom stereocenters. The van der Waals surface area contributed by atoms with Gasteiger partial charge in [-0.3, -0.25) is 0 Å². The van der Waals surface area contributed by atoms with Gasteiger partial charge in [0.15, 0.2) is 11.5 Å². The number of ether oxygens (including phenoxy) is 2. The lowest BCUT2D eigenvalue weighted by Gasteiger charge is -2.32. The number of nitrogens with one attached hydrogen (secondary N) is 1. The number of aromatic hydroxyl groups is 1. The van der Waals surface area contributed by atoms with Crippen molar-refractivity contribution in [1.82, 2.24) is 5.32 Å². The summed E-state index contributed by atoms with van der Waals surface area (Å²) in [6, 6.07) is 1.77. The number of carboxylic acids is 1.